The number of hydrogen-bond donors (Lipinski definition) is 1. The van der Waals surface area contributed by atoms with E-state index in [0.717, 1.165) is 69.0 Å². The van der Waals surface area contributed by atoms with Crippen molar-refractivity contribution in [2.75, 3.05) is 57.4 Å². The number of piperidine rings is 1. The second-order valence-electron chi connectivity index (χ2n) is 15.2. The van der Waals surface area contributed by atoms with E-state index >= 15 is 0 Å². The molecule has 4 atom stereocenters. The van der Waals surface area contributed by atoms with Crippen LogP contribution in [0.15, 0.2) is 53.4 Å². The van der Waals surface area contributed by atoms with E-state index in [0.29, 0.717) is 37.3 Å². The summed E-state index contributed by atoms with van der Waals surface area (Å²) in [5, 5.41) is 0.737. The van der Waals surface area contributed by atoms with Crippen LogP contribution < -0.4 is 14.4 Å². The minimum absolute atomic E-state index is 0.0202. The predicted octanol–water partition coefficient (Wildman–Crippen LogP) is 5.88. The number of aryl methyl sites for hydroxylation is 1. The van der Waals surface area contributed by atoms with Crippen molar-refractivity contribution >= 4 is 33.2 Å². The van der Waals surface area contributed by atoms with E-state index in [-0.39, 0.29) is 23.0 Å². The van der Waals surface area contributed by atoms with Gasteiger partial charge in [-0.25, -0.2) is 13.1 Å². The molecule has 1 saturated heterocycles. The number of sulfonamides is 1. The number of nitrogens with one attached hydrogen (secondary N) is 1. The summed E-state index contributed by atoms with van der Waals surface area (Å²) in [4.78, 5) is 18.2. The molecule has 266 valence electrons. The van der Waals surface area contributed by atoms with Crippen LogP contribution >= 0.6 is 11.6 Å². The molecule has 0 aromatic heterocycles. The molecule has 5 aliphatic rings. The Morgan fingerprint density at radius 3 is 2.69 bits per heavy atom. The molecule has 1 amide bonds. The van der Waals surface area contributed by atoms with Crippen LogP contribution in [0.1, 0.15) is 69.9 Å². The highest BCUT2D eigenvalue weighted by Gasteiger charge is 2.45. The largest absolute Gasteiger partial charge is 0.490 e. The fraction of sp³-hybridized carbons (Fsp3) is 0.605. The zero-order valence-electron chi connectivity index (χ0n) is 28.8. The highest BCUT2D eigenvalue weighted by molar-refractivity contribution is 7.90. The lowest BCUT2D eigenvalue weighted by Gasteiger charge is -2.46. The first-order valence-electron chi connectivity index (χ1n) is 18.1. The number of fused-ring (bicyclic) bond motifs is 4. The highest BCUT2D eigenvalue weighted by Crippen LogP contribution is 2.47. The van der Waals surface area contributed by atoms with Gasteiger partial charge in [0.25, 0.3) is 15.9 Å². The molecular formula is C38H50ClN3O6S. The summed E-state index contributed by atoms with van der Waals surface area (Å²) >= 11 is 6.46. The van der Waals surface area contributed by atoms with Crippen LogP contribution in [0, 0.1) is 11.8 Å². The first kappa shape index (κ1) is 34.8. The standard InChI is InChI=1S/C38H50ClN3O6S/c1-37(2)36(43)40-49(44,45)30-12-15-35-33(23-30)42(25-38(26-47-35)16-6-8-27-22-29(39)11-14-32(27)38)24-28-10-13-31(28)34(9-7-20-48-37)46-21-19-41-17-4-3-5-18-41/h7,9,11-12,14-15,22-23,28,31,34H,3-6,8,10,13,16-21,24-26H2,1-2H3,(H,40,43)/t28-,31+,34-,38-/m0/s1. The number of ether oxygens (including phenoxy) is 3. The maximum absolute atomic E-state index is 13.6. The quantitative estimate of drug-likeness (QED) is 0.393. The van der Waals surface area contributed by atoms with Crippen molar-refractivity contribution in [1.29, 1.82) is 0 Å². The van der Waals surface area contributed by atoms with Crippen LogP contribution in [0.2, 0.25) is 5.02 Å². The molecule has 1 N–H and O–H groups in total. The Labute approximate surface area is 296 Å². The third-order valence-corrected chi connectivity index (χ3v) is 13.0. The number of halogens is 1. The number of benzene rings is 2. The Hall–Kier alpha value is -2.63. The molecule has 3 heterocycles. The van der Waals surface area contributed by atoms with Gasteiger partial charge >= 0.3 is 0 Å². The number of amides is 1. The summed E-state index contributed by atoms with van der Waals surface area (Å²) in [6, 6.07) is 11.2. The number of likely N-dealkylation sites (tertiary alicyclic amines) is 1. The van der Waals surface area contributed by atoms with Gasteiger partial charge in [-0.05, 0) is 125 Å². The van der Waals surface area contributed by atoms with Crippen molar-refractivity contribution in [3.63, 3.8) is 0 Å². The molecule has 7 rings (SSSR count). The Morgan fingerprint density at radius 2 is 1.90 bits per heavy atom. The normalized spacial score (nSPS) is 29.9. The number of carbonyl (C=O) groups is 1. The van der Waals surface area contributed by atoms with Crippen LogP contribution in [-0.4, -0.2) is 83.5 Å². The molecule has 1 spiro atoms. The van der Waals surface area contributed by atoms with Crippen molar-refractivity contribution in [1.82, 2.24) is 9.62 Å². The second kappa shape index (κ2) is 14.2. The Bertz CT molecular complexity index is 1680. The van der Waals surface area contributed by atoms with Crippen molar-refractivity contribution in [2.45, 2.75) is 87.2 Å². The second-order valence-corrected chi connectivity index (χ2v) is 17.3. The van der Waals surface area contributed by atoms with Gasteiger partial charge in [0.15, 0.2) is 0 Å². The minimum atomic E-state index is -4.19. The number of nitrogens with zero attached hydrogens (tertiary/aromatic N) is 2. The van der Waals surface area contributed by atoms with Crippen molar-refractivity contribution < 1.29 is 27.4 Å². The Morgan fingerprint density at radius 1 is 1.06 bits per heavy atom. The van der Waals surface area contributed by atoms with Crippen molar-refractivity contribution in [2.24, 2.45) is 11.8 Å². The molecule has 0 unspecified atom stereocenters. The summed E-state index contributed by atoms with van der Waals surface area (Å²) in [6.45, 7) is 9.10. The number of anilines is 1. The smallest absolute Gasteiger partial charge is 0.265 e. The van der Waals surface area contributed by atoms with Gasteiger partial charge in [-0.3, -0.25) is 4.79 Å². The van der Waals surface area contributed by atoms with Crippen LogP contribution in [0.4, 0.5) is 5.69 Å². The zero-order chi connectivity index (χ0) is 34.2. The van der Waals surface area contributed by atoms with E-state index in [1.54, 1.807) is 26.0 Å². The number of hydrogen-bond acceptors (Lipinski definition) is 8. The monoisotopic (exact) mass is 711 g/mol. The van der Waals surface area contributed by atoms with E-state index < -0.39 is 21.5 Å². The summed E-state index contributed by atoms with van der Waals surface area (Å²) in [6.07, 6.45) is 12.8. The van der Waals surface area contributed by atoms with Gasteiger partial charge in [-0.2, -0.15) is 0 Å². The van der Waals surface area contributed by atoms with Gasteiger partial charge in [0.1, 0.15) is 11.4 Å². The lowest BCUT2D eigenvalue weighted by Crippen LogP contribution is -2.50. The SMILES string of the molecule is CC1(C)OCC=C[C@H](OCCN2CCCCC2)[C@@H]2CC[C@H]2CN2C[C@@]3(CCCc4cc(Cl)ccc43)COc3ccc(cc32)S(=O)(=O)NC1=O. The number of rotatable bonds is 4. The van der Waals surface area contributed by atoms with Crippen LogP contribution in [-0.2, 0) is 36.1 Å². The minimum Gasteiger partial charge on any atom is -0.490 e. The molecule has 9 nitrogen and oxygen atoms in total. The van der Waals surface area contributed by atoms with E-state index in [1.165, 1.54) is 36.5 Å². The fourth-order valence-corrected chi connectivity index (χ4v) is 9.75. The predicted molar refractivity (Wildman–Crippen MR) is 191 cm³/mol. The molecule has 2 fully saturated rings. The van der Waals surface area contributed by atoms with E-state index in [1.807, 2.05) is 12.1 Å². The molecule has 3 aliphatic heterocycles. The average molecular weight is 712 g/mol. The summed E-state index contributed by atoms with van der Waals surface area (Å²) in [7, 11) is -4.19. The third kappa shape index (κ3) is 7.40. The van der Waals surface area contributed by atoms with Gasteiger partial charge in [0.2, 0.25) is 0 Å². The average Bonchev–Trinajstić information content (AvgIpc) is 3.21. The molecule has 11 heteroatoms. The van der Waals surface area contributed by atoms with Crippen LogP contribution in [0.25, 0.3) is 0 Å². The van der Waals surface area contributed by atoms with Crippen LogP contribution in [0.5, 0.6) is 5.75 Å². The van der Waals surface area contributed by atoms with Gasteiger partial charge in [0, 0.05) is 30.1 Å². The van der Waals surface area contributed by atoms with E-state index in [2.05, 4.69) is 32.7 Å². The Balaban J connectivity index is 1.24. The van der Waals surface area contributed by atoms with Gasteiger partial charge < -0.3 is 24.0 Å². The molecule has 0 radical (unpaired) electrons. The lowest BCUT2D eigenvalue weighted by atomic mass is 9.68. The van der Waals surface area contributed by atoms with Crippen molar-refractivity contribution in [3.8, 4) is 5.75 Å². The molecule has 49 heavy (non-hydrogen) atoms. The summed E-state index contributed by atoms with van der Waals surface area (Å²) < 4.78 is 48.8. The van der Waals surface area contributed by atoms with Crippen molar-refractivity contribution in [3.05, 3.63) is 64.7 Å². The molecule has 2 bridgehead atoms. The Kier molecular flexibility index (Phi) is 10.1. The molecule has 1 saturated carbocycles. The zero-order valence-corrected chi connectivity index (χ0v) is 30.4. The molecule has 2 aromatic carbocycles. The third-order valence-electron chi connectivity index (χ3n) is 11.5. The fourth-order valence-electron chi connectivity index (χ4n) is 8.44. The van der Waals surface area contributed by atoms with E-state index in [4.69, 9.17) is 25.8 Å². The van der Waals surface area contributed by atoms with Gasteiger partial charge in [-0.1, -0.05) is 36.2 Å². The van der Waals surface area contributed by atoms with E-state index in [9.17, 15) is 13.2 Å². The molecule has 2 aliphatic carbocycles. The van der Waals surface area contributed by atoms with Gasteiger partial charge in [0.05, 0.1) is 36.5 Å². The maximum atomic E-state index is 13.6. The first-order chi connectivity index (χ1) is 23.5. The summed E-state index contributed by atoms with van der Waals surface area (Å²) in [5.74, 6) is 0.569. The number of carbonyl (C=O) groups excluding carboxylic acids is 1. The topological polar surface area (TPSA) is 97.4 Å². The first-order valence-corrected chi connectivity index (χ1v) is 19.9. The maximum Gasteiger partial charge on any atom is 0.265 e. The highest BCUT2D eigenvalue weighted by atomic mass is 35.5. The van der Waals surface area contributed by atoms with Crippen LogP contribution in [0.3, 0.4) is 0 Å². The molecule has 2 aromatic rings. The molecular weight excluding hydrogens is 662 g/mol. The van der Waals surface area contributed by atoms with Gasteiger partial charge in [-0.15, -0.1) is 0 Å². The summed E-state index contributed by atoms with van der Waals surface area (Å²) in [5.41, 5.74) is 1.60. The lowest BCUT2D eigenvalue weighted by molar-refractivity contribution is -0.139.